The minimum Gasteiger partial charge on any atom is -0.508 e. The van der Waals surface area contributed by atoms with Gasteiger partial charge in [0.1, 0.15) is 17.1 Å². The first-order valence-corrected chi connectivity index (χ1v) is 10.8. The molecule has 1 saturated heterocycles. The van der Waals surface area contributed by atoms with Crippen molar-refractivity contribution in [1.29, 1.82) is 0 Å². The molecule has 0 aliphatic carbocycles. The summed E-state index contributed by atoms with van der Waals surface area (Å²) in [5.74, 6) is 1.00. The van der Waals surface area contributed by atoms with Crippen molar-refractivity contribution in [3.8, 4) is 5.75 Å². The third kappa shape index (κ3) is 4.08. The van der Waals surface area contributed by atoms with Gasteiger partial charge in [0.15, 0.2) is 0 Å². The highest BCUT2D eigenvalue weighted by Crippen LogP contribution is 2.35. The van der Waals surface area contributed by atoms with Crippen LogP contribution < -0.4 is 5.32 Å². The minimum atomic E-state index is -0.214. The molecule has 3 aromatic rings. The first kappa shape index (κ1) is 20.5. The molecule has 5 heteroatoms. The van der Waals surface area contributed by atoms with Crippen LogP contribution in [0.2, 0.25) is 0 Å². The van der Waals surface area contributed by atoms with Gasteiger partial charge in [0.2, 0.25) is 0 Å². The van der Waals surface area contributed by atoms with Crippen molar-refractivity contribution in [2.75, 3.05) is 18.4 Å². The minimum absolute atomic E-state index is 0.212. The zero-order valence-electron chi connectivity index (χ0n) is 18.0. The standard InChI is InChI=1S/C25H30N2O3/c1-16(2)18-7-9-19(10-8-18)26-25(29)23-17(3)30-22-12-11-21(28)20(24(22)23)15-27-13-5-4-6-14-27/h7-12,16,28H,4-6,13-15H2,1-3H3,(H,26,29). The smallest absolute Gasteiger partial charge is 0.259 e. The monoisotopic (exact) mass is 406 g/mol. The Hall–Kier alpha value is -2.79. The van der Waals surface area contributed by atoms with Gasteiger partial charge in [-0.05, 0) is 68.6 Å². The summed E-state index contributed by atoms with van der Waals surface area (Å²) in [4.78, 5) is 15.6. The third-order valence-corrected chi connectivity index (χ3v) is 6.01. The normalized spacial score (nSPS) is 15.1. The fourth-order valence-corrected chi connectivity index (χ4v) is 4.29. The van der Waals surface area contributed by atoms with Crippen molar-refractivity contribution in [3.05, 3.63) is 58.8 Å². The number of fused-ring (bicyclic) bond motifs is 1. The van der Waals surface area contributed by atoms with E-state index in [0.717, 1.165) is 29.7 Å². The second-order valence-electron chi connectivity index (χ2n) is 8.54. The first-order valence-electron chi connectivity index (χ1n) is 10.8. The average molecular weight is 407 g/mol. The SMILES string of the molecule is Cc1oc2ccc(O)c(CN3CCCCC3)c2c1C(=O)Nc1ccc(C(C)C)cc1. The molecule has 5 nitrogen and oxygen atoms in total. The molecule has 1 aliphatic heterocycles. The van der Waals surface area contributed by atoms with Crippen molar-refractivity contribution in [2.45, 2.75) is 52.5 Å². The quantitative estimate of drug-likeness (QED) is 0.561. The number of amides is 1. The Labute approximate surface area is 177 Å². The van der Waals surface area contributed by atoms with Crippen molar-refractivity contribution < 1.29 is 14.3 Å². The van der Waals surface area contributed by atoms with Crippen LogP contribution in [0.5, 0.6) is 5.75 Å². The maximum atomic E-state index is 13.2. The number of aryl methyl sites for hydroxylation is 1. The van der Waals surface area contributed by atoms with Crippen molar-refractivity contribution in [2.24, 2.45) is 0 Å². The van der Waals surface area contributed by atoms with Gasteiger partial charge < -0.3 is 14.8 Å². The number of nitrogens with one attached hydrogen (secondary N) is 1. The third-order valence-electron chi connectivity index (χ3n) is 6.01. The number of carbonyl (C=O) groups is 1. The summed E-state index contributed by atoms with van der Waals surface area (Å²) < 4.78 is 5.90. The van der Waals surface area contributed by atoms with Gasteiger partial charge in [0, 0.05) is 23.2 Å². The maximum absolute atomic E-state index is 13.2. The highest BCUT2D eigenvalue weighted by molar-refractivity contribution is 6.14. The van der Waals surface area contributed by atoms with Crippen LogP contribution in [0.1, 0.15) is 66.3 Å². The lowest BCUT2D eigenvalue weighted by atomic mass is 10.0. The number of phenolic OH excluding ortho intramolecular Hbond substituents is 1. The van der Waals surface area contributed by atoms with Crippen molar-refractivity contribution >= 4 is 22.6 Å². The van der Waals surface area contributed by atoms with Gasteiger partial charge in [-0.3, -0.25) is 9.69 Å². The molecule has 158 valence electrons. The van der Waals surface area contributed by atoms with Gasteiger partial charge in [0.25, 0.3) is 5.91 Å². The Morgan fingerprint density at radius 1 is 1.10 bits per heavy atom. The Bertz CT molecular complexity index is 1040. The fraction of sp³-hybridized carbons (Fsp3) is 0.400. The molecule has 2 heterocycles. The summed E-state index contributed by atoms with van der Waals surface area (Å²) in [5.41, 5.74) is 3.88. The predicted octanol–water partition coefficient (Wildman–Crippen LogP) is 5.81. The largest absolute Gasteiger partial charge is 0.508 e. The Morgan fingerprint density at radius 3 is 2.47 bits per heavy atom. The van der Waals surface area contributed by atoms with Gasteiger partial charge in [-0.2, -0.15) is 0 Å². The van der Waals surface area contributed by atoms with Gasteiger partial charge in [-0.25, -0.2) is 0 Å². The van der Waals surface area contributed by atoms with Crippen LogP contribution in [0.15, 0.2) is 40.8 Å². The van der Waals surface area contributed by atoms with Crippen LogP contribution in [-0.2, 0) is 6.54 Å². The number of carbonyl (C=O) groups excluding carboxylic acids is 1. The number of rotatable bonds is 5. The molecule has 0 atom stereocenters. The molecular weight excluding hydrogens is 376 g/mol. The van der Waals surface area contributed by atoms with Crippen molar-refractivity contribution in [1.82, 2.24) is 4.90 Å². The van der Waals surface area contributed by atoms with E-state index in [1.165, 1.54) is 24.8 Å². The van der Waals surface area contributed by atoms with E-state index in [-0.39, 0.29) is 11.7 Å². The maximum Gasteiger partial charge on any atom is 0.259 e. The Kier molecular flexibility index (Phi) is 5.82. The molecule has 1 aromatic heterocycles. The van der Waals surface area contributed by atoms with Crippen LogP contribution >= 0.6 is 0 Å². The summed E-state index contributed by atoms with van der Waals surface area (Å²) in [7, 11) is 0. The topological polar surface area (TPSA) is 65.7 Å². The van der Waals surface area contributed by atoms with E-state index >= 15 is 0 Å². The highest BCUT2D eigenvalue weighted by Gasteiger charge is 2.24. The summed E-state index contributed by atoms with van der Waals surface area (Å²) in [6, 6.07) is 11.3. The van der Waals surface area contributed by atoms with Gasteiger partial charge in [0.05, 0.1) is 5.56 Å². The van der Waals surface area contributed by atoms with Crippen LogP contribution in [0.25, 0.3) is 11.0 Å². The van der Waals surface area contributed by atoms with E-state index in [4.69, 9.17) is 4.42 Å². The van der Waals surface area contributed by atoms with Gasteiger partial charge in [-0.1, -0.05) is 32.4 Å². The zero-order valence-corrected chi connectivity index (χ0v) is 18.0. The molecule has 2 N–H and O–H groups in total. The number of likely N-dealkylation sites (tertiary alicyclic amines) is 1. The van der Waals surface area contributed by atoms with Gasteiger partial charge >= 0.3 is 0 Å². The molecular formula is C25H30N2O3. The number of benzene rings is 2. The second kappa shape index (κ2) is 8.52. The van der Waals surface area contributed by atoms with Crippen molar-refractivity contribution in [3.63, 3.8) is 0 Å². The van der Waals surface area contributed by atoms with Crippen LogP contribution in [0, 0.1) is 6.92 Å². The number of piperidine rings is 1. The fourth-order valence-electron chi connectivity index (χ4n) is 4.29. The molecule has 2 aromatic carbocycles. The molecule has 30 heavy (non-hydrogen) atoms. The van der Waals surface area contributed by atoms with E-state index in [0.29, 0.717) is 29.4 Å². The van der Waals surface area contributed by atoms with E-state index in [2.05, 4.69) is 24.1 Å². The highest BCUT2D eigenvalue weighted by atomic mass is 16.3. The van der Waals surface area contributed by atoms with E-state index in [1.807, 2.05) is 24.3 Å². The zero-order chi connectivity index (χ0) is 21.3. The van der Waals surface area contributed by atoms with E-state index in [9.17, 15) is 9.90 Å². The molecule has 1 fully saturated rings. The predicted molar refractivity (Wildman–Crippen MR) is 120 cm³/mol. The molecule has 1 amide bonds. The molecule has 4 rings (SSSR count). The van der Waals surface area contributed by atoms with E-state index < -0.39 is 0 Å². The number of aromatic hydroxyl groups is 1. The van der Waals surface area contributed by atoms with Crippen LogP contribution in [0.3, 0.4) is 0 Å². The number of hydrogen-bond donors (Lipinski definition) is 2. The lowest BCUT2D eigenvalue weighted by Gasteiger charge is -2.27. The number of hydrogen-bond acceptors (Lipinski definition) is 4. The molecule has 0 spiro atoms. The molecule has 0 bridgehead atoms. The Balaban J connectivity index is 1.68. The molecule has 1 aliphatic rings. The number of anilines is 1. The lowest BCUT2D eigenvalue weighted by Crippen LogP contribution is -2.29. The number of phenols is 1. The number of furan rings is 1. The van der Waals surface area contributed by atoms with Crippen LogP contribution in [-0.4, -0.2) is 29.0 Å². The summed E-state index contributed by atoms with van der Waals surface area (Å²) >= 11 is 0. The summed E-state index contributed by atoms with van der Waals surface area (Å²) in [5, 5.41) is 14.3. The van der Waals surface area contributed by atoms with Gasteiger partial charge in [-0.15, -0.1) is 0 Å². The number of nitrogens with zero attached hydrogens (tertiary/aromatic N) is 1. The average Bonchev–Trinajstić information content (AvgIpc) is 3.07. The molecule has 0 saturated carbocycles. The lowest BCUT2D eigenvalue weighted by molar-refractivity contribution is 0.102. The second-order valence-corrected chi connectivity index (χ2v) is 8.54. The molecule has 0 unspecified atom stereocenters. The van der Waals surface area contributed by atoms with E-state index in [1.54, 1.807) is 19.1 Å². The van der Waals surface area contributed by atoms with Crippen LogP contribution in [0.4, 0.5) is 5.69 Å². The molecule has 0 radical (unpaired) electrons. The summed E-state index contributed by atoms with van der Waals surface area (Å²) in [6.07, 6.45) is 3.59. The summed E-state index contributed by atoms with van der Waals surface area (Å²) in [6.45, 7) is 8.73. The first-order chi connectivity index (χ1) is 14.4. The Morgan fingerprint density at radius 2 is 1.80 bits per heavy atom.